The summed E-state index contributed by atoms with van der Waals surface area (Å²) in [5, 5.41) is 6.44. The number of hydrogen-bond acceptors (Lipinski definition) is 5. The van der Waals surface area contributed by atoms with Gasteiger partial charge in [-0.15, -0.1) is 0 Å². The molecule has 0 fully saturated rings. The van der Waals surface area contributed by atoms with E-state index in [-0.39, 0.29) is 17.6 Å². The first kappa shape index (κ1) is 14.6. The Bertz CT molecular complexity index is 681. The van der Waals surface area contributed by atoms with E-state index in [0.29, 0.717) is 11.3 Å². The van der Waals surface area contributed by atoms with Crippen LogP contribution in [0.1, 0.15) is 29.8 Å². The molecule has 108 valence electrons. The van der Waals surface area contributed by atoms with E-state index in [1.165, 1.54) is 0 Å². The molecule has 1 atom stereocenters. The van der Waals surface area contributed by atoms with Crippen molar-refractivity contribution < 1.29 is 8.42 Å². The molecule has 2 aromatic heterocycles. The first-order valence-corrected chi connectivity index (χ1v) is 7.60. The van der Waals surface area contributed by atoms with Crippen molar-refractivity contribution in [3.63, 3.8) is 0 Å². The Morgan fingerprint density at radius 3 is 2.65 bits per heavy atom. The molecule has 0 radical (unpaired) electrons. The SMILES string of the molecule is Cc1[nH]nc(S(=O)(=O)NC(C)c2ccncc2)c1CN. The minimum Gasteiger partial charge on any atom is -0.326 e. The lowest BCUT2D eigenvalue weighted by molar-refractivity contribution is 0.561. The second-order valence-electron chi connectivity index (χ2n) is 4.46. The highest BCUT2D eigenvalue weighted by Crippen LogP contribution is 2.19. The molecule has 0 amide bonds. The maximum atomic E-state index is 12.3. The van der Waals surface area contributed by atoms with Crippen LogP contribution in [-0.4, -0.2) is 23.6 Å². The molecule has 1 unspecified atom stereocenters. The van der Waals surface area contributed by atoms with E-state index in [1.807, 2.05) is 0 Å². The van der Waals surface area contributed by atoms with Gasteiger partial charge >= 0.3 is 0 Å². The number of hydrogen-bond donors (Lipinski definition) is 3. The average Bonchev–Trinajstić information content (AvgIpc) is 2.81. The van der Waals surface area contributed by atoms with Crippen LogP contribution in [0.3, 0.4) is 0 Å². The Kier molecular flexibility index (Phi) is 4.17. The molecule has 4 N–H and O–H groups in total. The molecule has 2 aromatic rings. The van der Waals surface area contributed by atoms with Crippen LogP contribution in [0.5, 0.6) is 0 Å². The highest BCUT2D eigenvalue weighted by molar-refractivity contribution is 7.89. The highest BCUT2D eigenvalue weighted by atomic mass is 32.2. The van der Waals surface area contributed by atoms with Crippen molar-refractivity contribution in [3.05, 3.63) is 41.3 Å². The molecule has 0 saturated heterocycles. The molecular formula is C12H17N5O2S. The summed E-state index contributed by atoms with van der Waals surface area (Å²) in [5.74, 6) is 0. The number of nitrogens with one attached hydrogen (secondary N) is 2. The number of sulfonamides is 1. The van der Waals surface area contributed by atoms with E-state index < -0.39 is 10.0 Å². The summed E-state index contributed by atoms with van der Waals surface area (Å²) in [6.45, 7) is 3.61. The zero-order valence-corrected chi connectivity index (χ0v) is 12.1. The van der Waals surface area contributed by atoms with Crippen molar-refractivity contribution in [2.45, 2.75) is 31.5 Å². The number of rotatable bonds is 5. The Balaban J connectivity index is 2.28. The van der Waals surface area contributed by atoms with Gasteiger partial charge in [0.05, 0.1) is 0 Å². The van der Waals surface area contributed by atoms with E-state index in [2.05, 4.69) is 19.9 Å². The number of nitrogens with zero attached hydrogens (tertiary/aromatic N) is 2. The van der Waals surface area contributed by atoms with Gasteiger partial charge in [0, 0.05) is 36.2 Å². The number of aromatic amines is 1. The average molecular weight is 295 g/mol. The minimum atomic E-state index is -3.72. The quantitative estimate of drug-likeness (QED) is 0.748. The third-order valence-corrected chi connectivity index (χ3v) is 4.54. The predicted molar refractivity (Wildman–Crippen MR) is 74.2 cm³/mol. The van der Waals surface area contributed by atoms with E-state index in [1.54, 1.807) is 38.4 Å². The number of nitrogens with two attached hydrogens (primary N) is 1. The van der Waals surface area contributed by atoms with Gasteiger partial charge in [0.25, 0.3) is 10.0 Å². The van der Waals surface area contributed by atoms with Crippen LogP contribution in [0, 0.1) is 6.92 Å². The van der Waals surface area contributed by atoms with Gasteiger partial charge in [0.2, 0.25) is 0 Å². The third kappa shape index (κ3) is 2.87. The predicted octanol–water partition coefficient (Wildman–Crippen LogP) is 0.611. The molecule has 20 heavy (non-hydrogen) atoms. The molecule has 7 nitrogen and oxygen atoms in total. The van der Waals surface area contributed by atoms with Crippen molar-refractivity contribution in [2.75, 3.05) is 0 Å². The van der Waals surface area contributed by atoms with Crippen molar-refractivity contribution in [3.8, 4) is 0 Å². The van der Waals surface area contributed by atoms with Gasteiger partial charge in [-0.2, -0.15) is 5.10 Å². The molecule has 2 heterocycles. The van der Waals surface area contributed by atoms with Gasteiger partial charge in [-0.3, -0.25) is 10.1 Å². The Morgan fingerprint density at radius 2 is 2.05 bits per heavy atom. The summed E-state index contributed by atoms with van der Waals surface area (Å²) in [5.41, 5.74) is 7.55. The lowest BCUT2D eigenvalue weighted by Gasteiger charge is -2.13. The van der Waals surface area contributed by atoms with E-state index in [4.69, 9.17) is 5.73 Å². The molecule has 0 aliphatic carbocycles. The molecule has 8 heteroatoms. The largest absolute Gasteiger partial charge is 0.326 e. The van der Waals surface area contributed by atoms with Gasteiger partial charge in [0.15, 0.2) is 5.03 Å². The molecule has 0 spiro atoms. The van der Waals surface area contributed by atoms with E-state index in [9.17, 15) is 8.42 Å². The standard InChI is InChI=1S/C12H17N5O2S/c1-8(10-3-5-14-6-4-10)17-20(18,19)12-11(7-13)9(2)15-16-12/h3-6,8,17H,7,13H2,1-2H3,(H,15,16). The summed E-state index contributed by atoms with van der Waals surface area (Å²) >= 11 is 0. The van der Waals surface area contributed by atoms with E-state index >= 15 is 0 Å². The summed E-state index contributed by atoms with van der Waals surface area (Å²) in [4.78, 5) is 3.90. The van der Waals surface area contributed by atoms with Crippen molar-refractivity contribution in [1.82, 2.24) is 19.9 Å². The zero-order valence-electron chi connectivity index (χ0n) is 11.3. The molecular weight excluding hydrogens is 278 g/mol. The fourth-order valence-electron chi connectivity index (χ4n) is 1.90. The minimum absolute atomic E-state index is 0.0431. The number of aromatic nitrogens is 3. The van der Waals surface area contributed by atoms with Crippen LogP contribution in [0.25, 0.3) is 0 Å². The van der Waals surface area contributed by atoms with Crippen LogP contribution < -0.4 is 10.5 Å². The second-order valence-corrected chi connectivity index (χ2v) is 6.09. The first-order chi connectivity index (χ1) is 9.45. The van der Waals surface area contributed by atoms with Crippen molar-refractivity contribution in [1.29, 1.82) is 0 Å². The monoisotopic (exact) mass is 295 g/mol. The highest BCUT2D eigenvalue weighted by Gasteiger charge is 2.25. The Hall–Kier alpha value is -1.77. The fourth-order valence-corrected chi connectivity index (χ4v) is 3.34. The van der Waals surface area contributed by atoms with Gasteiger partial charge in [-0.05, 0) is 31.5 Å². The second kappa shape index (κ2) is 5.70. The van der Waals surface area contributed by atoms with Gasteiger partial charge in [-0.1, -0.05) is 0 Å². The molecule has 0 saturated carbocycles. The summed E-state index contributed by atoms with van der Waals surface area (Å²) in [7, 11) is -3.72. The molecule has 0 aromatic carbocycles. The maximum absolute atomic E-state index is 12.3. The van der Waals surface area contributed by atoms with Gasteiger partial charge in [-0.25, -0.2) is 13.1 Å². The van der Waals surface area contributed by atoms with E-state index in [0.717, 1.165) is 5.56 Å². The van der Waals surface area contributed by atoms with Crippen LogP contribution in [0.15, 0.2) is 29.6 Å². The maximum Gasteiger partial charge on any atom is 0.260 e. The summed E-state index contributed by atoms with van der Waals surface area (Å²) in [6, 6.07) is 3.13. The Morgan fingerprint density at radius 1 is 1.40 bits per heavy atom. The third-order valence-electron chi connectivity index (χ3n) is 3.03. The van der Waals surface area contributed by atoms with Gasteiger partial charge < -0.3 is 5.73 Å². The van der Waals surface area contributed by atoms with Crippen molar-refractivity contribution in [2.24, 2.45) is 5.73 Å². The first-order valence-electron chi connectivity index (χ1n) is 6.12. The molecule has 2 rings (SSSR count). The number of pyridine rings is 1. The Labute approximate surface area is 117 Å². The molecule has 0 aliphatic heterocycles. The smallest absolute Gasteiger partial charge is 0.260 e. The lowest BCUT2D eigenvalue weighted by atomic mass is 10.1. The fraction of sp³-hybridized carbons (Fsp3) is 0.333. The normalized spacial score (nSPS) is 13.3. The summed E-state index contributed by atoms with van der Waals surface area (Å²) < 4.78 is 27.3. The van der Waals surface area contributed by atoms with Crippen LogP contribution in [0.2, 0.25) is 0 Å². The van der Waals surface area contributed by atoms with Crippen molar-refractivity contribution >= 4 is 10.0 Å². The lowest BCUT2D eigenvalue weighted by Crippen LogP contribution is -2.28. The van der Waals surface area contributed by atoms with Gasteiger partial charge in [0.1, 0.15) is 0 Å². The number of H-pyrrole nitrogens is 1. The zero-order chi connectivity index (χ0) is 14.8. The molecule has 0 aliphatic rings. The number of aryl methyl sites for hydroxylation is 1. The van der Waals surface area contributed by atoms with Crippen LogP contribution in [0.4, 0.5) is 0 Å². The van der Waals surface area contributed by atoms with Crippen LogP contribution >= 0.6 is 0 Å². The topological polar surface area (TPSA) is 114 Å². The molecule has 0 bridgehead atoms. The summed E-state index contributed by atoms with van der Waals surface area (Å²) in [6.07, 6.45) is 3.23. The van der Waals surface area contributed by atoms with Crippen LogP contribution in [-0.2, 0) is 16.6 Å².